The molecule has 1 aromatic carbocycles. The standard InChI is InChI=1S/C20H18N2O7S/c1-3-28-19(26)13-10-30-16(15(13)20(27)29-4-2)21-14(23)9-22-17(24)11-7-5-6-8-12(11)18(22)25/h5-8,10H,3-4,9H2,1-2H3,(H,21,23). The molecule has 2 heterocycles. The Kier molecular flexibility index (Phi) is 6.26. The highest BCUT2D eigenvalue weighted by atomic mass is 32.1. The van der Waals surface area contributed by atoms with Crippen molar-refractivity contribution in [3.8, 4) is 0 Å². The van der Waals surface area contributed by atoms with Crippen LogP contribution in [-0.2, 0) is 14.3 Å². The van der Waals surface area contributed by atoms with Crippen LogP contribution in [0, 0.1) is 0 Å². The predicted octanol–water partition coefficient (Wildman–Crippen LogP) is 2.34. The molecule has 0 saturated carbocycles. The van der Waals surface area contributed by atoms with Gasteiger partial charge in [0.15, 0.2) is 0 Å². The fraction of sp³-hybridized carbons (Fsp3) is 0.250. The SMILES string of the molecule is CCOC(=O)c1csc(NC(=O)CN2C(=O)c3ccccc3C2=O)c1C(=O)OCC. The number of rotatable bonds is 7. The Labute approximate surface area is 175 Å². The number of thiophene rings is 1. The van der Waals surface area contributed by atoms with Gasteiger partial charge in [0, 0.05) is 5.38 Å². The van der Waals surface area contributed by atoms with Crippen molar-refractivity contribution < 1.29 is 33.4 Å². The maximum atomic E-state index is 12.5. The molecule has 0 spiro atoms. The second kappa shape index (κ2) is 8.87. The normalized spacial score (nSPS) is 12.5. The van der Waals surface area contributed by atoms with E-state index < -0.39 is 36.2 Å². The molecule has 0 fully saturated rings. The smallest absolute Gasteiger partial charge is 0.342 e. The Bertz CT molecular complexity index is 1010. The molecule has 2 aromatic rings. The third kappa shape index (κ3) is 3.94. The fourth-order valence-electron chi connectivity index (χ4n) is 2.91. The van der Waals surface area contributed by atoms with Gasteiger partial charge in [0.1, 0.15) is 17.1 Å². The number of esters is 2. The van der Waals surface area contributed by atoms with Crippen LogP contribution in [0.3, 0.4) is 0 Å². The van der Waals surface area contributed by atoms with Gasteiger partial charge in [-0.25, -0.2) is 9.59 Å². The maximum absolute atomic E-state index is 12.5. The summed E-state index contributed by atoms with van der Waals surface area (Å²) in [6.07, 6.45) is 0. The first-order valence-corrected chi connectivity index (χ1v) is 9.97. The molecule has 9 nitrogen and oxygen atoms in total. The summed E-state index contributed by atoms with van der Waals surface area (Å²) < 4.78 is 9.91. The average molecular weight is 430 g/mol. The first-order valence-electron chi connectivity index (χ1n) is 9.09. The van der Waals surface area contributed by atoms with Crippen LogP contribution < -0.4 is 5.32 Å². The molecule has 1 aliphatic heterocycles. The first kappa shape index (κ1) is 21.2. The molecule has 30 heavy (non-hydrogen) atoms. The number of nitrogens with zero attached hydrogens (tertiary/aromatic N) is 1. The molecule has 0 aliphatic carbocycles. The molecule has 156 valence electrons. The van der Waals surface area contributed by atoms with Gasteiger partial charge in [-0.1, -0.05) is 12.1 Å². The number of ether oxygens (including phenoxy) is 2. The molecule has 0 radical (unpaired) electrons. The topological polar surface area (TPSA) is 119 Å². The molecular formula is C20H18N2O7S. The van der Waals surface area contributed by atoms with Crippen LogP contribution in [0.4, 0.5) is 5.00 Å². The van der Waals surface area contributed by atoms with E-state index in [0.717, 1.165) is 16.2 Å². The van der Waals surface area contributed by atoms with Crippen LogP contribution in [0.5, 0.6) is 0 Å². The van der Waals surface area contributed by atoms with Gasteiger partial charge < -0.3 is 14.8 Å². The zero-order valence-corrected chi connectivity index (χ0v) is 17.0. The number of carbonyl (C=O) groups excluding carboxylic acids is 5. The van der Waals surface area contributed by atoms with Gasteiger partial charge in [0.25, 0.3) is 11.8 Å². The monoisotopic (exact) mass is 430 g/mol. The maximum Gasteiger partial charge on any atom is 0.342 e. The number of nitrogens with one attached hydrogen (secondary N) is 1. The van der Waals surface area contributed by atoms with Crippen LogP contribution in [0.2, 0.25) is 0 Å². The van der Waals surface area contributed by atoms with Crippen molar-refractivity contribution in [2.24, 2.45) is 0 Å². The average Bonchev–Trinajstić information content (AvgIpc) is 3.24. The number of benzene rings is 1. The van der Waals surface area contributed by atoms with Gasteiger partial charge in [-0.3, -0.25) is 19.3 Å². The van der Waals surface area contributed by atoms with Crippen LogP contribution in [-0.4, -0.2) is 54.3 Å². The highest BCUT2D eigenvalue weighted by Gasteiger charge is 2.36. The summed E-state index contributed by atoms with van der Waals surface area (Å²) in [4.78, 5) is 62.7. The Morgan fingerprint density at radius 1 is 0.967 bits per heavy atom. The van der Waals surface area contributed by atoms with E-state index in [0.29, 0.717) is 0 Å². The second-order valence-electron chi connectivity index (χ2n) is 6.08. The molecule has 3 rings (SSSR count). The molecule has 0 bridgehead atoms. The van der Waals surface area contributed by atoms with Crippen molar-refractivity contribution in [2.45, 2.75) is 13.8 Å². The first-order chi connectivity index (χ1) is 14.4. The van der Waals surface area contributed by atoms with Gasteiger partial charge >= 0.3 is 11.9 Å². The third-order valence-electron chi connectivity index (χ3n) is 4.20. The molecule has 0 atom stereocenters. The Balaban J connectivity index is 1.80. The summed E-state index contributed by atoms with van der Waals surface area (Å²) in [7, 11) is 0. The van der Waals surface area contributed by atoms with Crippen molar-refractivity contribution >= 4 is 46.0 Å². The van der Waals surface area contributed by atoms with E-state index in [9.17, 15) is 24.0 Å². The quantitative estimate of drug-likeness (QED) is 0.529. The zero-order chi connectivity index (χ0) is 21.8. The highest BCUT2D eigenvalue weighted by molar-refractivity contribution is 7.15. The van der Waals surface area contributed by atoms with Crippen LogP contribution in [0.15, 0.2) is 29.6 Å². The van der Waals surface area contributed by atoms with E-state index in [1.807, 2.05) is 0 Å². The number of hydrogen-bond donors (Lipinski definition) is 1. The van der Waals surface area contributed by atoms with E-state index in [1.165, 1.54) is 17.5 Å². The minimum Gasteiger partial charge on any atom is -0.462 e. The molecule has 10 heteroatoms. The van der Waals surface area contributed by atoms with Crippen molar-refractivity contribution in [2.75, 3.05) is 25.1 Å². The van der Waals surface area contributed by atoms with Crippen LogP contribution in [0.25, 0.3) is 0 Å². The van der Waals surface area contributed by atoms with Gasteiger partial charge in [0.05, 0.1) is 29.9 Å². The molecule has 1 aromatic heterocycles. The lowest BCUT2D eigenvalue weighted by Crippen LogP contribution is -2.37. The molecule has 3 amide bonds. The molecule has 0 saturated heterocycles. The van der Waals surface area contributed by atoms with E-state index in [-0.39, 0.29) is 40.5 Å². The summed E-state index contributed by atoms with van der Waals surface area (Å²) in [6.45, 7) is 2.87. The Hall–Kier alpha value is -3.53. The van der Waals surface area contributed by atoms with Crippen LogP contribution >= 0.6 is 11.3 Å². The lowest BCUT2D eigenvalue weighted by atomic mass is 10.1. The number of amides is 3. The zero-order valence-electron chi connectivity index (χ0n) is 16.2. The Morgan fingerprint density at radius 3 is 2.10 bits per heavy atom. The van der Waals surface area contributed by atoms with Crippen molar-refractivity contribution in [1.82, 2.24) is 4.90 Å². The van der Waals surface area contributed by atoms with Crippen LogP contribution in [0.1, 0.15) is 55.3 Å². The van der Waals surface area contributed by atoms with Gasteiger partial charge in [0.2, 0.25) is 5.91 Å². The van der Waals surface area contributed by atoms with E-state index in [1.54, 1.807) is 26.0 Å². The summed E-state index contributed by atoms with van der Waals surface area (Å²) >= 11 is 0.938. The molecular weight excluding hydrogens is 412 g/mol. The van der Waals surface area contributed by atoms with Crippen molar-refractivity contribution in [3.63, 3.8) is 0 Å². The van der Waals surface area contributed by atoms with Crippen molar-refractivity contribution in [1.29, 1.82) is 0 Å². The summed E-state index contributed by atoms with van der Waals surface area (Å²) in [5.41, 5.74) is 0.291. The molecule has 0 unspecified atom stereocenters. The summed E-state index contributed by atoms with van der Waals surface area (Å²) in [5, 5.41) is 3.93. The highest BCUT2D eigenvalue weighted by Crippen LogP contribution is 2.30. The number of hydrogen-bond acceptors (Lipinski definition) is 8. The molecule has 1 aliphatic rings. The number of imide groups is 1. The van der Waals surface area contributed by atoms with Gasteiger partial charge in [-0.15, -0.1) is 11.3 Å². The minimum absolute atomic E-state index is 0.0312. The fourth-order valence-corrected chi connectivity index (χ4v) is 3.84. The van der Waals surface area contributed by atoms with E-state index in [4.69, 9.17) is 9.47 Å². The van der Waals surface area contributed by atoms with Crippen molar-refractivity contribution in [3.05, 3.63) is 51.9 Å². The lowest BCUT2D eigenvalue weighted by molar-refractivity contribution is -0.116. The van der Waals surface area contributed by atoms with E-state index >= 15 is 0 Å². The molecule has 1 N–H and O–H groups in total. The number of fused-ring (bicyclic) bond motifs is 1. The second-order valence-corrected chi connectivity index (χ2v) is 6.96. The Morgan fingerprint density at radius 2 is 1.53 bits per heavy atom. The number of carbonyl (C=O) groups is 5. The largest absolute Gasteiger partial charge is 0.462 e. The van der Waals surface area contributed by atoms with Gasteiger partial charge in [-0.05, 0) is 26.0 Å². The third-order valence-corrected chi connectivity index (χ3v) is 5.09. The van der Waals surface area contributed by atoms with E-state index in [2.05, 4.69) is 5.32 Å². The summed E-state index contributed by atoms with van der Waals surface area (Å²) in [5.74, 6) is -3.37. The minimum atomic E-state index is -0.794. The lowest BCUT2D eigenvalue weighted by Gasteiger charge is -2.14. The van der Waals surface area contributed by atoms with Gasteiger partial charge in [-0.2, -0.15) is 0 Å². The predicted molar refractivity (Wildman–Crippen MR) is 107 cm³/mol. The summed E-state index contributed by atoms with van der Waals surface area (Å²) in [6, 6.07) is 6.28. The number of anilines is 1.